The Morgan fingerprint density at radius 2 is 2.09 bits per heavy atom. The summed E-state index contributed by atoms with van der Waals surface area (Å²) < 4.78 is 5.76. The summed E-state index contributed by atoms with van der Waals surface area (Å²) in [5, 5.41) is 13.9. The van der Waals surface area contributed by atoms with Gasteiger partial charge >= 0.3 is 0 Å². The molecule has 0 aliphatic rings. The van der Waals surface area contributed by atoms with Gasteiger partial charge in [0.25, 0.3) is 5.91 Å². The molecule has 2 N–H and O–H groups in total. The standard InChI is InChI=1S/C17H24N2O3S/c1-17(21,11-23-4)10-18-16(20)15-13(9-19(2)3)12-7-5-6-8-14(12)22-15/h5-8,21H,9-11H2,1-4H3,(H,18,20). The molecule has 0 aliphatic heterocycles. The molecule has 0 aliphatic carbocycles. The topological polar surface area (TPSA) is 65.7 Å². The van der Waals surface area contributed by atoms with Gasteiger partial charge in [-0.3, -0.25) is 4.79 Å². The first-order valence-electron chi connectivity index (χ1n) is 7.49. The Hall–Kier alpha value is -1.50. The first-order chi connectivity index (χ1) is 10.8. The van der Waals surface area contributed by atoms with Crippen LogP contribution in [0.4, 0.5) is 0 Å². The SMILES string of the molecule is CSCC(C)(O)CNC(=O)c1oc2ccccc2c1CN(C)C. The molecule has 1 aromatic carbocycles. The number of amides is 1. The summed E-state index contributed by atoms with van der Waals surface area (Å²) in [6.45, 7) is 2.51. The number of fused-ring (bicyclic) bond motifs is 1. The number of nitrogens with one attached hydrogen (secondary N) is 1. The van der Waals surface area contributed by atoms with Gasteiger partial charge in [-0.05, 0) is 33.3 Å². The van der Waals surface area contributed by atoms with Crippen molar-refractivity contribution >= 4 is 28.6 Å². The Labute approximate surface area is 141 Å². The number of rotatable bonds is 7. The number of thioether (sulfide) groups is 1. The van der Waals surface area contributed by atoms with Crippen molar-refractivity contribution in [3.8, 4) is 0 Å². The Morgan fingerprint density at radius 3 is 2.74 bits per heavy atom. The molecule has 2 aromatic rings. The second kappa shape index (κ2) is 7.38. The molecule has 0 spiro atoms. The number of para-hydroxylation sites is 1. The Kier molecular flexibility index (Phi) is 5.73. The van der Waals surface area contributed by atoms with Gasteiger partial charge in [-0.2, -0.15) is 11.8 Å². The lowest BCUT2D eigenvalue weighted by atomic mass is 10.1. The molecule has 0 radical (unpaired) electrons. The second-order valence-electron chi connectivity index (χ2n) is 6.26. The van der Waals surface area contributed by atoms with Crippen molar-refractivity contribution in [3.05, 3.63) is 35.6 Å². The predicted molar refractivity (Wildman–Crippen MR) is 94.9 cm³/mol. The molecule has 2 rings (SSSR count). The van der Waals surface area contributed by atoms with Crippen molar-refractivity contribution < 1.29 is 14.3 Å². The number of hydrogen-bond donors (Lipinski definition) is 2. The highest BCUT2D eigenvalue weighted by Crippen LogP contribution is 2.26. The highest BCUT2D eigenvalue weighted by molar-refractivity contribution is 7.98. The molecule has 23 heavy (non-hydrogen) atoms. The first-order valence-corrected chi connectivity index (χ1v) is 8.88. The lowest BCUT2D eigenvalue weighted by Crippen LogP contribution is -2.42. The van der Waals surface area contributed by atoms with E-state index in [9.17, 15) is 9.90 Å². The van der Waals surface area contributed by atoms with Crippen LogP contribution < -0.4 is 5.32 Å². The number of furan rings is 1. The third-order valence-corrected chi connectivity index (χ3v) is 4.37. The minimum Gasteiger partial charge on any atom is -0.451 e. The highest BCUT2D eigenvalue weighted by atomic mass is 32.2. The van der Waals surface area contributed by atoms with Crippen LogP contribution in [0.5, 0.6) is 0 Å². The van der Waals surface area contributed by atoms with E-state index >= 15 is 0 Å². The third-order valence-electron chi connectivity index (χ3n) is 3.46. The molecule has 126 valence electrons. The summed E-state index contributed by atoms with van der Waals surface area (Å²) in [5.41, 5.74) is 0.626. The van der Waals surface area contributed by atoms with E-state index < -0.39 is 5.60 Å². The molecule has 5 nitrogen and oxygen atoms in total. The maximum Gasteiger partial charge on any atom is 0.287 e. The zero-order valence-electron chi connectivity index (χ0n) is 14.0. The Morgan fingerprint density at radius 1 is 1.39 bits per heavy atom. The summed E-state index contributed by atoms with van der Waals surface area (Å²) in [4.78, 5) is 14.5. The van der Waals surface area contributed by atoms with Gasteiger partial charge < -0.3 is 19.7 Å². The number of benzene rings is 1. The quantitative estimate of drug-likeness (QED) is 0.812. The van der Waals surface area contributed by atoms with Crippen LogP contribution in [0, 0.1) is 0 Å². The van der Waals surface area contributed by atoms with Gasteiger partial charge in [0.15, 0.2) is 5.76 Å². The second-order valence-corrected chi connectivity index (χ2v) is 7.12. The van der Waals surface area contributed by atoms with E-state index in [4.69, 9.17) is 4.42 Å². The largest absolute Gasteiger partial charge is 0.451 e. The van der Waals surface area contributed by atoms with E-state index in [0.717, 1.165) is 10.9 Å². The van der Waals surface area contributed by atoms with Crippen LogP contribution in [0.1, 0.15) is 23.0 Å². The third kappa shape index (κ3) is 4.50. The van der Waals surface area contributed by atoms with Crippen LogP contribution in [0.3, 0.4) is 0 Å². The van der Waals surface area contributed by atoms with Crippen LogP contribution in [-0.2, 0) is 6.54 Å². The molecule has 0 saturated heterocycles. The average molecular weight is 336 g/mol. The molecule has 1 amide bonds. The van der Waals surface area contributed by atoms with E-state index in [-0.39, 0.29) is 12.5 Å². The molecule has 1 atom stereocenters. The molecule has 0 bridgehead atoms. The fourth-order valence-corrected chi connectivity index (χ4v) is 3.19. The van der Waals surface area contributed by atoms with Gasteiger partial charge in [0.1, 0.15) is 5.58 Å². The number of carbonyl (C=O) groups excluding carboxylic acids is 1. The fourth-order valence-electron chi connectivity index (χ4n) is 2.47. The van der Waals surface area contributed by atoms with E-state index in [1.54, 1.807) is 18.7 Å². The first kappa shape index (κ1) is 17.8. The van der Waals surface area contributed by atoms with Crippen molar-refractivity contribution in [1.82, 2.24) is 10.2 Å². The van der Waals surface area contributed by atoms with Gasteiger partial charge in [0.2, 0.25) is 0 Å². The van der Waals surface area contributed by atoms with E-state index in [0.29, 0.717) is 23.6 Å². The molecule has 1 unspecified atom stereocenters. The van der Waals surface area contributed by atoms with Crippen molar-refractivity contribution in [3.63, 3.8) is 0 Å². The van der Waals surface area contributed by atoms with Gasteiger partial charge in [0.05, 0.1) is 5.60 Å². The maximum atomic E-state index is 12.5. The molecule has 0 saturated carbocycles. The normalized spacial score (nSPS) is 14.2. The average Bonchev–Trinajstić information content (AvgIpc) is 2.83. The van der Waals surface area contributed by atoms with Crippen molar-refractivity contribution in [1.29, 1.82) is 0 Å². The van der Waals surface area contributed by atoms with E-state index in [1.807, 2.05) is 49.5 Å². The van der Waals surface area contributed by atoms with E-state index in [2.05, 4.69) is 5.32 Å². The summed E-state index contributed by atoms with van der Waals surface area (Å²) in [5.74, 6) is 0.581. The summed E-state index contributed by atoms with van der Waals surface area (Å²) in [7, 11) is 3.90. The van der Waals surface area contributed by atoms with Gasteiger partial charge in [-0.1, -0.05) is 18.2 Å². The number of aliphatic hydroxyl groups is 1. The monoisotopic (exact) mass is 336 g/mol. The predicted octanol–water partition coefficient (Wildman–Crippen LogP) is 2.34. The zero-order valence-corrected chi connectivity index (χ0v) is 14.9. The maximum absolute atomic E-state index is 12.5. The number of carbonyl (C=O) groups is 1. The highest BCUT2D eigenvalue weighted by Gasteiger charge is 2.24. The van der Waals surface area contributed by atoms with E-state index in [1.165, 1.54) is 0 Å². The number of hydrogen-bond acceptors (Lipinski definition) is 5. The molecule has 6 heteroatoms. The summed E-state index contributed by atoms with van der Waals surface area (Å²) in [6, 6.07) is 7.63. The summed E-state index contributed by atoms with van der Waals surface area (Å²) >= 11 is 1.54. The van der Waals surface area contributed by atoms with Crippen LogP contribution in [0.2, 0.25) is 0 Å². The fraction of sp³-hybridized carbons (Fsp3) is 0.471. The smallest absolute Gasteiger partial charge is 0.287 e. The number of nitrogens with zero attached hydrogens (tertiary/aromatic N) is 1. The minimum absolute atomic E-state index is 0.186. The van der Waals surface area contributed by atoms with Crippen LogP contribution >= 0.6 is 11.8 Å². The zero-order chi connectivity index (χ0) is 17.0. The van der Waals surface area contributed by atoms with Crippen LogP contribution in [-0.4, -0.2) is 54.2 Å². The van der Waals surface area contributed by atoms with Crippen molar-refractivity contribution in [2.24, 2.45) is 0 Å². The van der Waals surface area contributed by atoms with Crippen molar-refractivity contribution in [2.75, 3.05) is 32.6 Å². The Bertz CT molecular complexity index is 680. The van der Waals surface area contributed by atoms with Crippen molar-refractivity contribution in [2.45, 2.75) is 19.1 Å². The lowest BCUT2D eigenvalue weighted by Gasteiger charge is -2.22. The van der Waals surface area contributed by atoms with Gasteiger partial charge in [0, 0.05) is 29.8 Å². The molecule has 1 aromatic heterocycles. The molecule has 1 heterocycles. The lowest BCUT2D eigenvalue weighted by molar-refractivity contribution is 0.0710. The van der Waals surface area contributed by atoms with Crippen LogP contribution in [0.15, 0.2) is 28.7 Å². The summed E-state index contributed by atoms with van der Waals surface area (Å²) in [6.07, 6.45) is 1.92. The molecular weight excluding hydrogens is 312 g/mol. The molecule has 0 fully saturated rings. The van der Waals surface area contributed by atoms with Gasteiger partial charge in [-0.15, -0.1) is 0 Å². The molecular formula is C17H24N2O3S. The Balaban J connectivity index is 2.25. The van der Waals surface area contributed by atoms with Gasteiger partial charge in [-0.25, -0.2) is 0 Å². The minimum atomic E-state index is -0.942. The van der Waals surface area contributed by atoms with Crippen LogP contribution in [0.25, 0.3) is 11.0 Å².